The van der Waals surface area contributed by atoms with Crippen LogP contribution in [0.25, 0.3) is 16.0 Å². The predicted octanol–water partition coefficient (Wildman–Crippen LogP) is 4.60. The molecule has 0 aliphatic rings. The number of rotatable bonds is 6. The largest absolute Gasteiger partial charge is 0.325 e. The summed E-state index contributed by atoms with van der Waals surface area (Å²) in [6.45, 7) is 0.423. The van der Waals surface area contributed by atoms with Gasteiger partial charge in [-0.05, 0) is 41.1 Å². The van der Waals surface area contributed by atoms with Crippen molar-refractivity contribution in [1.82, 2.24) is 19.2 Å². The Morgan fingerprint density at radius 1 is 1.13 bits per heavy atom. The second-order valence-electron chi connectivity index (χ2n) is 6.57. The zero-order valence-electron chi connectivity index (χ0n) is 15.8. The van der Waals surface area contributed by atoms with Crippen LogP contribution in [0.5, 0.6) is 0 Å². The van der Waals surface area contributed by atoms with Gasteiger partial charge >= 0.3 is 0 Å². The van der Waals surface area contributed by atoms with Crippen molar-refractivity contribution in [3.8, 4) is 0 Å². The third-order valence-electron chi connectivity index (χ3n) is 4.52. The van der Waals surface area contributed by atoms with Crippen LogP contribution >= 0.6 is 46.0 Å². The molecule has 0 aliphatic heterocycles. The Hall–Kier alpha value is -2.66. The number of amides is 1. The standard InChI is InChI=1S/C20H14ClN5O2S3/c21-12-3-1-4-13(9-12)22-16(27)11-31-20-24-23-19-25(10-14-5-2-7-29-14)18(28)17-15(26(19)20)6-8-30-17/h1-9H,10-11H2,(H,22,27). The van der Waals surface area contributed by atoms with Crippen LogP contribution in [-0.4, -0.2) is 30.8 Å². The average molecular weight is 488 g/mol. The molecular formula is C20H14ClN5O2S3. The van der Waals surface area contributed by atoms with Gasteiger partial charge in [-0.2, -0.15) is 0 Å². The highest BCUT2D eigenvalue weighted by Crippen LogP contribution is 2.25. The molecule has 7 nitrogen and oxygen atoms in total. The summed E-state index contributed by atoms with van der Waals surface area (Å²) in [5.74, 6) is 0.419. The van der Waals surface area contributed by atoms with E-state index in [0.29, 0.717) is 32.9 Å². The van der Waals surface area contributed by atoms with Crippen molar-refractivity contribution >= 4 is 73.6 Å². The first-order valence-corrected chi connectivity index (χ1v) is 12.3. The lowest BCUT2D eigenvalue weighted by molar-refractivity contribution is -0.113. The summed E-state index contributed by atoms with van der Waals surface area (Å²) in [6, 6.07) is 12.8. The molecule has 5 aromatic rings. The molecule has 4 aromatic heterocycles. The van der Waals surface area contributed by atoms with E-state index in [2.05, 4.69) is 15.5 Å². The van der Waals surface area contributed by atoms with E-state index in [1.54, 1.807) is 40.2 Å². The van der Waals surface area contributed by atoms with Gasteiger partial charge in [-0.25, -0.2) is 0 Å². The molecule has 156 valence electrons. The molecule has 0 saturated heterocycles. The van der Waals surface area contributed by atoms with Gasteiger partial charge < -0.3 is 5.32 Å². The number of carbonyl (C=O) groups excluding carboxylic acids is 1. The number of benzene rings is 1. The Morgan fingerprint density at radius 2 is 2.03 bits per heavy atom. The van der Waals surface area contributed by atoms with Crippen molar-refractivity contribution in [2.75, 3.05) is 11.1 Å². The second-order valence-corrected chi connectivity index (χ2v) is 9.90. The van der Waals surface area contributed by atoms with Gasteiger partial charge in [0.25, 0.3) is 5.56 Å². The van der Waals surface area contributed by atoms with Gasteiger partial charge in [0.05, 0.1) is 17.8 Å². The molecule has 5 rings (SSSR count). The quantitative estimate of drug-likeness (QED) is 0.354. The summed E-state index contributed by atoms with van der Waals surface area (Å²) in [7, 11) is 0. The topological polar surface area (TPSA) is 81.3 Å². The first kappa shape index (κ1) is 20.3. The van der Waals surface area contributed by atoms with Crippen molar-refractivity contribution < 1.29 is 4.79 Å². The molecule has 0 fully saturated rings. The summed E-state index contributed by atoms with van der Waals surface area (Å²) in [4.78, 5) is 26.5. The molecule has 1 aromatic carbocycles. The number of fused-ring (bicyclic) bond motifs is 3. The maximum Gasteiger partial charge on any atom is 0.273 e. The van der Waals surface area contributed by atoms with Crippen molar-refractivity contribution in [1.29, 1.82) is 0 Å². The first-order chi connectivity index (χ1) is 15.1. The predicted molar refractivity (Wildman–Crippen MR) is 127 cm³/mol. The lowest BCUT2D eigenvalue weighted by Crippen LogP contribution is -2.22. The van der Waals surface area contributed by atoms with Gasteiger partial charge in [0, 0.05) is 15.6 Å². The number of anilines is 1. The minimum Gasteiger partial charge on any atom is -0.325 e. The van der Waals surface area contributed by atoms with Gasteiger partial charge in [0.1, 0.15) is 4.70 Å². The number of halogens is 1. The molecule has 0 spiro atoms. The second kappa shape index (κ2) is 8.46. The van der Waals surface area contributed by atoms with Gasteiger partial charge in [0.2, 0.25) is 11.7 Å². The molecule has 0 radical (unpaired) electrons. The lowest BCUT2D eigenvalue weighted by atomic mass is 10.3. The molecule has 0 saturated carbocycles. The van der Waals surface area contributed by atoms with E-state index in [-0.39, 0.29) is 17.2 Å². The van der Waals surface area contributed by atoms with Gasteiger partial charge in [-0.1, -0.05) is 35.5 Å². The SMILES string of the molecule is O=C(CSc1nnc2n(Cc3cccs3)c(=O)c3sccc3n12)Nc1cccc(Cl)c1. The number of thiophene rings is 2. The van der Waals surface area contributed by atoms with Gasteiger partial charge in [-0.15, -0.1) is 32.9 Å². The summed E-state index contributed by atoms with van der Waals surface area (Å²) >= 11 is 10.2. The molecule has 31 heavy (non-hydrogen) atoms. The maximum atomic E-state index is 13.1. The minimum atomic E-state index is -0.183. The molecule has 0 unspecified atom stereocenters. The Kier molecular flexibility index (Phi) is 5.53. The summed E-state index contributed by atoms with van der Waals surface area (Å²) in [5.41, 5.74) is 1.29. The minimum absolute atomic E-state index is 0.0893. The summed E-state index contributed by atoms with van der Waals surface area (Å²) < 4.78 is 4.11. The third kappa shape index (κ3) is 3.99. The number of hydrogen-bond donors (Lipinski definition) is 1. The van der Waals surface area contributed by atoms with Crippen molar-refractivity contribution in [2.45, 2.75) is 11.7 Å². The average Bonchev–Trinajstić information content (AvgIpc) is 3.50. The van der Waals surface area contributed by atoms with Crippen molar-refractivity contribution in [2.24, 2.45) is 0 Å². The lowest BCUT2D eigenvalue weighted by Gasteiger charge is -2.08. The van der Waals surface area contributed by atoms with Crippen LogP contribution in [0.1, 0.15) is 4.88 Å². The van der Waals surface area contributed by atoms with Crippen LogP contribution < -0.4 is 10.9 Å². The van der Waals surface area contributed by atoms with Gasteiger partial charge in [0.15, 0.2) is 5.16 Å². The number of nitrogens with zero attached hydrogens (tertiary/aromatic N) is 4. The fourth-order valence-corrected chi connectivity index (χ4v) is 5.63. The Labute approximate surface area is 193 Å². The van der Waals surface area contributed by atoms with Crippen molar-refractivity contribution in [3.63, 3.8) is 0 Å². The van der Waals surface area contributed by atoms with Crippen LogP contribution in [0.4, 0.5) is 5.69 Å². The maximum absolute atomic E-state index is 13.1. The molecule has 0 aliphatic carbocycles. The summed E-state index contributed by atoms with van der Waals surface area (Å²) in [6.07, 6.45) is 0. The van der Waals surface area contributed by atoms with Crippen LogP contribution in [0.15, 0.2) is 63.2 Å². The smallest absolute Gasteiger partial charge is 0.273 e. The van der Waals surface area contributed by atoms with Crippen LogP contribution in [0.3, 0.4) is 0 Å². The fourth-order valence-electron chi connectivity index (χ4n) is 3.19. The van der Waals surface area contributed by atoms with E-state index in [1.807, 2.05) is 33.4 Å². The number of hydrogen-bond acceptors (Lipinski definition) is 7. The number of thioether (sulfide) groups is 1. The highest BCUT2D eigenvalue weighted by atomic mass is 35.5. The van der Waals surface area contributed by atoms with E-state index >= 15 is 0 Å². The third-order valence-corrected chi connectivity index (χ3v) is 7.43. The summed E-state index contributed by atoms with van der Waals surface area (Å²) in [5, 5.41) is 16.3. The monoisotopic (exact) mass is 487 g/mol. The molecule has 0 atom stereocenters. The molecule has 1 N–H and O–H groups in total. The molecule has 1 amide bonds. The zero-order valence-corrected chi connectivity index (χ0v) is 19.0. The van der Waals surface area contributed by atoms with Crippen LogP contribution in [0.2, 0.25) is 5.02 Å². The Morgan fingerprint density at radius 3 is 2.84 bits per heavy atom. The Balaban J connectivity index is 1.46. The van der Waals surface area contributed by atoms with Gasteiger partial charge in [-0.3, -0.25) is 18.6 Å². The first-order valence-electron chi connectivity index (χ1n) is 9.16. The fraction of sp³-hybridized carbons (Fsp3) is 0.100. The van der Waals surface area contributed by atoms with Crippen molar-refractivity contribution in [3.05, 3.63) is 73.5 Å². The van der Waals surface area contributed by atoms with E-state index < -0.39 is 0 Å². The van der Waals surface area contributed by atoms with Crippen LogP contribution in [0, 0.1) is 0 Å². The highest BCUT2D eigenvalue weighted by Gasteiger charge is 2.19. The van der Waals surface area contributed by atoms with E-state index in [1.165, 1.54) is 23.1 Å². The normalized spacial score (nSPS) is 11.4. The van der Waals surface area contributed by atoms with E-state index in [9.17, 15) is 9.59 Å². The molecule has 4 heterocycles. The van der Waals surface area contributed by atoms with E-state index in [0.717, 1.165) is 10.4 Å². The number of nitrogens with one attached hydrogen (secondary N) is 1. The number of carbonyl (C=O) groups is 1. The zero-order chi connectivity index (χ0) is 21.4. The Bertz CT molecular complexity index is 1460. The molecule has 11 heteroatoms. The van der Waals surface area contributed by atoms with E-state index in [4.69, 9.17) is 11.6 Å². The van der Waals surface area contributed by atoms with Crippen LogP contribution in [-0.2, 0) is 11.3 Å². The number of aromatic nitrogens is 4. The molecule has 0 bridgehead atoms. The molecular weight excluding hydrogens is 474 g/mol. The highest BCUT2D eigenvalue weighted by molar-refractivity contribution is 7.99.